The Morgan fingerprint density at radius 1 is 1.42 bits per heavy atom. The molecule has 5 nitrogen and oxygen atoms in total. The highest BCUT2D eigenvalue weighted by atomic mass is 35.5. The van der Waals surface area contributed by atoms with E-state index in [-0.39, 0.29) is 5.91 Å². The third-order valence-corrected chi connectivity index (χ3v) is 5.32. The number of carbonyl (C=O) groups excluding carboxylic acids is 1. The lowest BCUT2D eigenvalue weighted by Crippen LogP contribution is -2.47. The van der Waals surface area contributed by atoms with Crippen molar-refractivity contribution in [1.29, 1.82) is 0 Å². The summed E-state index contributed by atoms with van der Waals surface area (Å²) in [6, 6.07) is 3.78. The fourth-order valence-corrected chi connectivity index (χ4v) is 4.04. The van der Waals surface area contributed by atoms with Gasteiger partial charge in [-0.3, -0.25) is 10.2 Å². The minimum absolute atomic E-state index is 0.0312. The van der Waals surface area contributed by atoms with Gasteiger partial charge in [-0.05, 0) is 57.2 Å². The third kappa shape index (κ3) is 4.54. The summed E-state index contributed by atoms with van der Waals surface area (Å²) in [6.07, 6.45) is 3.00. The van der Waals surface area contributed by atoms with Gasteiger partial charge in [0.25, 0.3) is 0 Å². The number of hydrazone groups is 1. The van der Waals surface area contributed by atoms with Crippen LogP contribution in [0.2, 0.25) is 5.02 Å². The van der Waals surface area contributed by atoms with Gasteiger partial charge in [0.2, 0.25) is 5.91 Å². The van der Waals surface area contributed by atoms with Crippen LogP contribution < -0.4 is 5.43 Å². The molecule has 0 saturated carbocycles. The fraction of sp³-hybridized carbons (Fsp3) is 0.579. The molecule has 0 spiro atoms. The second-order valence-electron chi connectivity index (χ2n) is 7.85. The predicted octanol–water partition coefficient (Wildman–Crippen LogP) is 2.94. The number of rotatable bonds is 4. The minimum atomic E-state index is -0.666. The summed E-state index contributed by atoms with van der Waals surface area (Å²) >= 11 is 6.09. The molecule has 2 aliphatic rings. The molecular formula is C19H25ClFN3O2. The zero-order chi connectivity index (χ0) is 18.9. The van der Waals surface area contributed by atoms with Crippen LogP contribution in [0.15, 0.2) is 23.3 Å². The Balaban J connectivity index is 1.55. The van der Waals surface area contributed by atoms with E-state index in [0.29, 0.717) is 41.7 Å². The summed E-state index contributed by atoms with van der Waals surface area (Å²) in [5, 5.41) is 14.5. The standard InChI is InChI=1S/C19H25ClFN3O2/c1-19(2,26)11-12-5-7-24(8-6-12)18(25)17-10-16(22-23-17)14-4-3-13(21)9-15(14)20/h3-4,9,12,17,23,26H,5-8,10-11H2,1-2H3. The second kappa shape index (κ2) is 7.53. The number of halogens is 2. The highest BCUT2D eigenvalue weighted by Gasteiger charge is 2.33. The first-order chi connectivity index (χ1) is 12.2. The molecule has 0 aromatic heterocycles. The lowest BCUT2D eigenvalue weighted by atomic mass is 9.86. The van der Waals surface area contributed by atoms with Crippen molar-refractivity contribution >= 4 is 23.2 Å². The van der Waals surface area contributed by atoms with Crippen LogP contribution in [-0.4, -0.2) is 46.4 Å². The van der Waals surface area contributed by atoms with E-state index in [1.807, 2.05) is 18.7 Å². The maximum atomic E-state index is 13.2. The fourth-order valence-electron chi connectivity index (χ4n) is 3.76. The van der Waals surface area contributed by atoms with Crippen LogP contribution in [0.4, 0.5) is 4.39 Å². The molecule has 7 heteroatoms. The van der Waals surface area contributed by atoms with Crippen LogP contribution in [0.1, 0.15) is 45.1 Å². The molecule has 1 unspecified atom stereocenters. The van der Waals surface area contributed by atoms with Crippen molar-refractivity contribution in [3.05, 3.63) is 34.6 Å². The van der Waals surface area contributed by atoms with E-state index in [9.17, 15) is 14.3 Å². The maximum Gasteiger partial charge on any atom is 0.247 e. The van der Waals surface area contributed by atoms with Crippen molar-refractivity contribution in [2.75, 3.05) is 13.1 Å². The van der Waals surface area contributed by atoms with E-state index in [4.69, 9.17) is 11.6 Å². The summed E-state index contributed by atoms with van der Waals surface area (Å²) in [5.41, 5.74) is 3.56. The van der Waals surface area contributed by atoms with Crippen LogP contribution in [-0.2, 0) is 4.79 Å². The number of aliphatic hydroxyl groups is 1. The summed E-state index contributed by atoms with van der Waals surface area (Å²) in [6.45, 7) is 5.05. The molecule has 1 fully saturated rings. The average molecular weight is 382 g/mol. The van der Waals surface area contributed by atoms with E-state index >= 15 is 0 Å². The number of likely N-dealkylation sites (tertiary alicyclic amines) is 1. The van der Waals surface area contributed by atoms with Gasteiger partial charge in [0, 0.05) is 25.1 Å². The number of nitrogens with zero attached hydrogens (tertiary/aromatic N) is 2. The van der Waals surface area contributed by atoms with Crippen molar-refractivity contribution in [1.82, 2.24) is 10.3 Å². The number of hydrogen-bond acceptors (Lipinski definition) is 4. The maximum absolute atomic E-state index is 13.2. The molecule has 0 radical (unpaired) electrons. The quantitative estimate of drug-likeness (QED) is 0.842. The summed E-state index contributed by atoms with van der Waals surface area (Å²) in [4.78, 5) is 14.6. The molecular weight excluding hydrogens is 357 g/mol. The summed E-state index contributed by atoms with van der Waals surface area (Å²) in [5.74, 6) is 0.0796. The van der Waals surface area contributed by atoms with E-state index in [0.717, 1.165) is 19.3 Å². The van der Waals surface area contributed by atoms with Crippen LogP contribution >= 0.6 is 11.6 Å². The summed E-state index contributed by atoms with van der Waals surface area (Å²) < 4.78 is 13.2. The molecule has 1 aromatic rings. The first-order valence-corrected chi connectivity index (χ1v) is 9.39. The average Bonchev–Trinajstić information content (AvgIpc) is 3.03. The van der Waals surface area contributed by atoms with Crippen LogP contribution in [0.25, 0.3) is 0 Å². The molecule has 2 aliphatic heterocycles. The molecule has 1 amide bonds. The number of carbonyl (C=O) groups is 1. The van der Waals surface area contributed by atoms with E-state index in [1.165, 1.54) is 12.1 Å². The monoisotopic (exact) mass is 381 g/mol. The lowest BCUT2D eigenvalue weighted by Gasteiger charge is -2.35. The van der Waals surface area contributed by atoms with Gasteiger partial charge in [0.05, 0.1) is 16.3 Å². The number of piperidine rings is 1. The van der Waals surface area contributed by atoms with Gasteiger partial charge in [-0.25, -0.2) is 4.39 Å². The Morgan fingerprint density at radius 3 is 2.73 bits per heavy atom. The Hall–Kier alpha value is -1.66. The highest BCUT2D eigenvalue weighted by molar-refractivity contribution is 6.34. The number of nitrogens with one attached hydrogen (secondary N) is 1. The SMILES string of the molecule is CC(C)(O)CC1CCN(C(=O)C2CC(c3ccc(F)cc3Cl)=NN2)CC1. The molecule has 0 bridgehead atoms. The Morgan fingerprint density at radius 2 is 2.12 bits per heavy atom. The molecule has 2 N–H and O–H groups in total. The van der Waals surface area contributed by atoms with Gasteiger partial charge in [-0.15, -0.1) is 0 Å². The molecule has 0 aliphatic carbocycles. The molecule has 1 saturated heterocycles. The molecule has 1 aromatic carbocycles. The lowest BCUT2D eigenvalue weighted by molar-refractivity contribution is -0.134. The molecule has 26 heavy (non-hydrogen) atoms. The summed E-state index contributed by atoms with van der Waals surface area (Å²) in [7, 11) is 0. The second-order valence-corrected chi connectivity index (χ2v) is 8.26. The number of hydrogen-bond donors (Lipinski definition) is 2. The zero-order valence-electron chi connectivity index (χ0n) is 15.1. The first kappa shape index (κ1) is 19.1. The number of amides is 1. The van der Waals surface area contributed by atoms with Crippen LogP contribution in [0.3, 0.4) is 0 Å². The molecule has 1 atom stereocenters. The third-order valence-electron chi connectivity index (χ3n) is 5.01. The molecule has 3 rings (SSSR count). The van der Waals surface area contributed by atoms with Crippen molar-refractivity contribution in [2.45, 2.75) is 51.2 Å². The number of benzene rings is 1. The molecule has 142 valence electrons. The minimum Gasteiger partial charge on any atom is -0.390 e. The Bertz CT molecular complexity index is 709. The van der Waals surface area contributed by atoms with Crippen molar-refractivity contribution in [3.63, 3.8) is 0 Å². The zero-order valence-corrected chi connectivity index (χ0v) is 15.9. The van der Waals surface area contributed by atoms with Gasteiger partial charge in [-0.1, -0.05) is 11.6 Å². The Labute approximate surface area is 158 Å². The normalized spacial score (nSPS) is 21.5. The van der Waals surface area contributed by atoms with Crippen molar-refractivity contribution in [3.8, 4) is 0 Å². The van der Waals surface area contributed by atoms with Gasteiger partial charge >= 0.3 is 0 Å². The van der Waals surface area contributed by atoms with Crippen molar-refractivity contribution in [2.24, 2.45) is 11.0 Å². The first-order valence-electron chi connectivity index (χ1n) is 9.01. The van der Waals surface area contributed by atoms with Crippen LogP contribution in [0.5, 0.6) is 0 Å². The van der Waals surface area contributed by atoms with Crippen LogP contribution in [0, 0.1) is 11.7 Å². The van der Waals surface area contributed by atoms with E-state index in [1.54, 1.807) is 6.07 Å². The molecule has 2 heterocycles. The smallest absolute Gasteiger partial charge is 0.247 e. The topological polar surface area (TPSA) is 64.9 Å². The van der Waals surface area contributed by atoms with Crippen molar-refractivity contribution < 1.29 is 14.3 Å². The predicted molar refractivity (Wildman–Crippen MR) is 99.7 cm³/mol. The largest absolute Gasteiger partial charge is 0.390 e. The van der Waals surface area contributed by atoms with Gasteiger partial charge < -0.3 is 10.0 Å². The Kier molecular flexibility index (Phi) is 5.53. The van der Waals surface area contributed by atoms with Gasteiger partial charge in [-0.2, -0.15) is 5.10 Å². The highest BCUT2D eigenvalue weighted by Crippen LogP contribution is 2.27. The van der Waals surface area contributed by atoms with E-state index in [2.05, 4.69) is 10.5 Å². The van der Waals surface area contributed by atoms with Gasteiger partial charge in [0.1, 0.15) is 11.9 Å². The van der Waals surface area contributed by atoms with E-state index < -0.39 is 17.5 Å². The van der Waals surface area contributed by atoms with Gasteiger partial charge in [0.15, 0.2) is 0 Å².